The first-order chi connectivity index (χ1) is 8.66. The summed E-state index contributed by atoms with van der Waals surface area (Å²) in [6.45, 7) is 0.178. The summed E-state index contributed by atoms with van der Waals surface area (Å²) in [4.78, 5) is 11.7. The van der Waals surface area contributed by atoms with Gasteiger partial charge < -0.3 is 10.5 Å². The molecule has 0 atom stereocenters. The molecule has 18 heavy (non-hydrogen) atoms. The van der Waals surface area contributed by atoms with Crippen molar-refractivity contribution in [1.82, 2.24) is 0 Å². The van der Waals surface area contributed by atoms with E-state index in [0.29, 0.717) is 0 Å². The van der Waals surface area contributed by atoms with Gasteiger partial charge in [-0.05, 0) is 23.8 Å². The van der Waals surface area contributed by atoms with Crippen LogP contribution in [0.4, 0.5) is 10.1 Å². The summed E-state index contributed by atoms with van der Waals surface area (Å²) in [5.74, 6) is -1.07. The van der Waals surface area contributed by atoms with Gasteiger partial charge in [0.1, 0.15) is 12.4 Å². The van der Waals surface area contributed by atoms with E-state index in [-0.39, 0.29) is 17.9 Å². The quantitative estimate of drug-likeness (QED) is 0.668. The van der Waals surface area contributed by atoms with Crippen molar-refractivity contribution in [3.05, 3.63) is 65.5 Å². The molecular formula is C14H12FNO2. The molecule has 0 saturated heterocycles. The molecule has 2 aromatic carbocycles. The Morgan fingerprint density at radius 1 is 1.17 bits per heavy atom. The van der Waals surface area contributed by atoms with E-state index in [1.54, 1.807) is 0 Å². The van der Waals surface area contributed by atoms with Gasteiger partial charge in [-0.2, -0.15) is 0 Å². The summed E-state index contributed by atoms with van der Waals surface area (Å²) >= 11 is 0. The van der Waals surface area contributed by atoms with Crippen molar-refractivity contribution >= 4 is 11.7 Å². The minimum atomic E-state index is -0.547. The Labute approximate surface area is 104 Å². The van der Waals surface area contributed by atoms with Crippen LogP contribution in [0.2, 0.25) is 0 Å². The van der Waals surface area contributed by atoms with Crippen LogP contribution in [0, 0.1) is 5.82 Å². The lowest BCUT2D eigenvalue weighted by molar-refractivity contribution is 0.0472. The van der Waals surface area contributed by atoms with Crippen molar-refractivity contribution in [3.8, 4) is 0 Å². The minimum absolute atomic E-state index is 0.0656. The molecule has 0 heterocycles. The van der Waals surface area contributed by atoms with E-state index in [4.69, 9.17) is 10.5 Å². The van der Waals surface area contributed by atoms with Crippen LogP contribution >= 0.6 is 0 Å². The maximum absolute atomic E-state index is 12.9. The monoisotopic (exact) mass is 245 g/mol. The number of ether oxygens (including phenoxy) is 1. The Hall–Kier alpha value is -2.36. The number of hydrogen-bond donors (Lipinski definition) is 1. The number of halogens is 1. The average Bonchev–Trinajstić information content (AvgIpc) is 2.40. The Bertz CT molecular complexity index is 555. The number of nitrogen functional groups attached to an aromatic ring is 1. The predicted molar refractivity (Wildman–Crippen MR) is 66.4 cm³/mol. The zero-order valence-corrected chi connectivity index (χ0v) is 9.60. The maximum Gasteiger partial charge on any atom is 0.338 e. The fourth-order valence-electron chi connectivity index (χ4n) is 1.48. The summed E-state index contributed by atoms with van der Waals surface area (Å²) in [5.41, 5.74) is 6.45. The van der Waals surface area contributed by atoms with Gasteiger partial charge in [0.2, 0.25) is 0 Å². The third-order valence-corrected chi connectivity index (χ3v) is 2.44. The highest BCUT2D eigenvalue weighted by molar-refractivity contribution is 5.90. The second-order valence-electron chi connectivity index (χ2n) is 3.80. The van der Waals surface area contributed by atoms with Gasteiger partial charge in [-0.15, -0.1) is 0 Å². The normalized spacial score (nSPS) is 10.1. The van der Waals surface area contributed by atoms with Crippen LogP contribution in [0.15, 0.2) is 48.5 Å². The Morgan fingerprint density at radius 3 is 2.56 bits per heavy atom. The lowest BCUT2D eigenvalue weighted by Gasteiger charge is -2.05. The smallest absolute Gasteiger partial charge is 0.338 e. The largest absolute Gasteiger partial charge is 0.457 e. The highest BCUT2D eigenvalue weighted by atomic mass is 19.1. The number of anilines is 1. The lowest BCUT2D eigenvalue weighted by atomic mass is 10.2. The van der Waals surface area contributed by atoms with Gasteiger partial charge in [-0.3, -0.25) is 0 Å². The van der Waals surface area contributed by atoms with E-state index in [2.05, 4.69) is 0 Å². The van der Waals surface area contributed by atoms with Gasteiger partial charge >= 0.3 is 5.97 Å². The molecule has 0 bridgehead atoms. The number of carbonyl (C=O) groups excluding carboxylic acids is 1. The van der Waals surface area contributed by atoms with Crippen LogP contribution in [-0.4, -0.2) is 5.97 Å². The van der Waals surface area contributed by atoms with Gasteiger partial charge in [-0.1, -0.05) is 30.3 Å². The second-order valence-corrected chi connectivity index (χ2v) is 3.80. The van der Waals surface area contributed by atoms with Gasteiger partial charge in [-0.25, -0.2) is 9.18 Å². The molecule has 2 rings (SSSR count). The van der Waals surface area contributed by atoms with Crippen LogP contribution < -0.4 is 5.73 Å². The summed E-state index contributed by atoms with van der Waals surface area (Å²) in [6, 6.07) is 13.1. The fourth-order valence-corrected chi connectivity index (χ4v) is 1.48. The first-order valence-corrected chi connectivity index (χ1v) is 5.43. The number of carbonyl (C=O) groups is 1. The second kappa shape index (κ2) is 5.31. The molecule has 92 valence electrons. The molecule has 0 saturated carbocycles. The standard InChI is InChI=1S/C14H12FNO2/c15-12-7-6-11(8-13(12)16)14(17)18-9-10-4-2-1-3-5-10/h1-8H,9,16H2. The zero-order chi connectivity index (χ0) is 13.0. The molecule has 4 heteroatoms. The molecule has 3 nitrogen and oxygen atoms in total. The number of benzene rings is 2. The topological polar surface area (TPSA) is 52.3 Å². The first kappa shape index (κ1) is 12.1. The average molecular weight is 245 g/mol. The third-order valence-electron chi connectivity index (χ3n) is 2.44. The van der Waals surface area contributed by atoms with Crippen molar-refractivity contribution in [2.45, 2.75) is 6.61 Å². The van der Waals surface area contributed by atoms with Gasteiger partial charge in [0, 0.05) is 0 Å². The number of hydrogen-bond acceptors (Lipinski definition) is 3. The molecule has 0 unspecified atom stereocenters. The minimum Gasteiger partial charge on any atom is -0.457 e. The maximum atomic E-state index is 12.9. The number of nitrogens with two attached hydrogens (primary N) is 1. The highest BCUT2D eigenvalue weighted by Gasteiger charge is 2.09. The predicted octanol–water partition coefficient (Wildman–Crippen LogP) is 2.76. The molecule has 0 radical (unpaired) electrons. The van der Waals surface area contributed by atoms with Crippen molar-refractivity contribution in [2.24, 2.45) is 0 Å². The van der Waals surface area contributed by atoms with Crippen LogP contribution in [0.5, 0.6) is 0 Å². The van der Waals surface area contributed by atoms with E-state index in [0.717, 1.165) is 11.6 Å². The molecule has 0 fully saturated rings. The number of esters is 1. The highest BCUT2D eigenvalue weighted by Crippen LogP contribution is 2.13. The van der Waals surface area contributed by atoms with E-state index in [1.165, 1.54) is 12.1 Å². The van der Waals surface area contributed by atoms with E-state index in [9.17, 15) is 9.18 Å². The summed E-state index contributed by atoms with van der Waals surface area (Å²) < 4.78 is 18.0. The van der Waals surface area contributed by atoms with Crippen LogP contribution in [-0.2, 0) is 11.3 Å². The summed E-state index contributed by atoms with van der Waals surface area (Å²) in [5, 5.41) is 0. The molecular weight excluding hydrogens is 233 g/mol. The molecule has 2 N–H and O–H groups in total. The molecule has 0 spiro atoms. The lowest BCUT2D eigenvalue weighted by Crippen LogP contribution is -2.06. The van der Waals surface area contributed by atoms with Crippen molar-refractivity contribution in [3.63, 3.8) is 0 Å². The summed E-state index contributed by atoms with van der Waals surface area (Å²) in [7, 11) is 0. The van der Waals surface area contributed by atoms with Crippen molar-refractivity contribution in [1.29, 1.82) is 0 Å². The molecule has 0 amide bonds. The van der Waals surface area contributed by atoms with Crippen molar-refractivity contribution < 1.29 is 13.9 Å². The van der Waals surface area contributed by atoms with E-state index in [1.807, 2.05) is 30.3 Å². The SMILES string of the molecule is Nc1cc(C(=O)OCc2ccccc2)ccc1F. The summed E-state index contributed by atoms with van der Waals surface area (Å²) in [6.07, 6.45) is 0. The van der Waals surface area contributed by atoms with Crippen LogP contribution in [0.25, 0.3) is 0 Å². The third kappa shape index (κ3) is 2.85. The zero-order valence-electron chi connectivity index (χ0n) is 9.60. The van der Waals surface area contributed by atoms with E-state index >= 15 is 0 Å². The Balaban J connectivity index is 2.02. The van der Waals surface area contributed by atoms with E-state index < -0.39 is 11.8 Å². The molecule has 0 aliphatic heterocycles. The van der Waals surface area contributed by atoms with Crippen LogP contribution in [0.3, 0.4) is 0 Å². The van der Waals surface area contributed by atoms with Gasteiger partial charge in [0.15, 0.2) is 0 Å². The molecule has 0 aliphatic rings. The Kier molecular flexibility index (Phi) is 3.57. The number of rotatable bonds is 3. The van der Waals surface area contributed by atoms with Crippen molar-refractivity contribution in [2.75, 3.05) is 5.73 Å². The first-order valence-electron chi connectivity index (χ1n) is 5.43. The van der Waals surface area contributed by atoms with Gasteiger partial charge in [0.05, 0.1) is 11.3 Å². The fraction of sp³-hybridized carbons (Fsp3) is 0.0714. The molecule has 0 aliphatic carbocycles. The molecule has 0 aromatic heterocycles. The van der Waals surface area contributed by atoms with Crippen LogP contribution in [0.1, 0.15) is 15.9 Å². The Morgan fingerprint density at radius 2 is 1.89 bits per heavy atom. The van der Waals surface area contributed by atoms with Gasteiger partial charge in [0.25, 0.3) is 0 Å². The molecule has 2 aromatic rings.